The Kier molecular flexibility index (Phi) is 6.06. The van der Waals surface area contributed by atoms with Crippen LogP contribution in [-0.4, -0.2) is 40.0 Å². The van der Waals surface area contributed by atoms with E-state index >= 15 is 0 Å². The van der Waals surface area contributed by atoms with E-state index in [4.69, 9.17) is 10.2 Å². The van der Waals surface area contributed by atoms with Crippen molar-refractivity contribution in [3.63, 3.8) is 0 Å². The fourth-order valence-corrected chi connectivity index (χ4v) is 1.74. The monoisotopic (exact) mass is 308 g/mol. The number of hydrogen-bond acceptors (Lipinski definition) is 4. The van der Waals surface area contributed by atoms with Gasteiger partial charge < -0.3 is 20.8 Å². The highest BCUT2D eigenvalue weighted by Gasteiger charge is 2.22. The van der Waals surface area contributed by atoms with Crippen LogP contribution in [0.25, 0.3) is 0 Å². The smallest absolute Gasteiger partial charge is 0.326 e. The average molecular weight is 308 g/mol. The minimum Gasteiger partial charge on any atom is -0.481 e. The van der Waals surface area contributed by atoms with Gasteiger partial charge in [-0.2, -0.15) is 0 Å². The van der Waals surface area contributed by atoms with E-state index in [1.54, 1.807) is 12.1 Å². The van der Waals surface area contributed by atoms with Crippen LogP contribution in [0.5, 0.6) is 0 Å². The Morgan fingerprint density at radius 2 is 1.77 bits per heavy atom. The van der Waals surface area contributed by atoms with Gasteiger partial charge in [0.2, 0.25) is 5.91 Å². The molecule has 118 valence electrons. The van der Waals surface area contributed by atoms with Crippen LogP contribution in [0.4, 0.5) is 5.69 Å². The molecule has 0 aliphatic heterocycles. The maximum Gasteiger partial charge on any atom is 0.326 e. The Balaban J connectivity index is 2.88. The summed E-state index contributed by atoms with van der Waals surface area (Å²) in [6.07, 6.45) is -0.622. The first-order valence-electron chi connectivity index (χ1n) is 6.43. The summed E-state index contributed by atoms with van der Waals surface area (Å²) < 4.78 is 0. The number of carboxylic acid groups (broad SMARTS) is 2. The number of amides is 2. The summed E-state index contributed by atoms with van der Waals surface area (Å²) in [5.74, 6) is -3.56. The second kappa shape index (κ2) is 7.77. The Morgan fingerprint density at radius 3 is 2.32 bits per heavy atom. The van der Waals surface area contributed by atoms with Crippen molar-refractivity contribution in [1.82, 2.24) is 5.32 Å². The van der Waals surface area contributed by atoms with E-state index in [-0.39, 0.29) is 30.0 Å². The second-order valence-corrected chi connectivity index (χ2v) is 4.52. The summed E-state index contributed by atoms with van der Waals surface area (Å²) in [4.78, 5) is 44.8. The van der Waals surface area contributed by atoms with Gasteiger partial charge in [-0.1, -0.05) is 12.1 Å². The third-order valence-corrected chi connectivity index (χ3v) is 2.73. The fraction of sp³-hybridized carbons (Fsp3) is 0.286. The molecule has 1 atom stereocenters. The van der Waals surface area contributed by atoms with Crippen molar-refractivity contribution in [2.24, 2.45) is 0 Å². The lowest BCUT2D eigenvalue weighted by Crippen LogP contribution is -2.41. The first-order valence-corrected chi connectivity index (χ1v) is 6.43. The molecule has 1 rings (SSSR count). The Bertz CT molecular complexity index is 599. The molecule has 0 spiro atoms. The average Bonchev–Trinajstić information content (AvgIpc) is 2.42. The molecule has 2 amide bonds. The third kappa shape index (κ3) is 5.23. The number of anilines is 1. The molecule has 0 unspecified atom stereocenters. The van der Waals surface area contributed by atoms with Gasteiger partial charge in [0.25, 0.3) is 5.91 Å². The summed E-state index contributed by atoms with van der Waals surface area (Å²) in [5.41, 5.74) is 0.342. The van der Waals surface area contributed by atoms with Crippen LogP contribution >= 0.6 is 0 Å². The van der Waals surface area contributed by atoms with E-state index in [0.29, 0.717) is 0 Å². The van der Waals surface area contributed by atoms with Gasteiger partial charge in [0.05, 0.1) is 11.3 Å². The van der Waals surface area contributed by atoms with Gasteiger partial charge in [-0.25, -0.2) is 4.79 Å². The van der Waals surface area contributed by atoms with Gasteiger partial charge in [-0.05, 0) is 18.6 Å². The highest BCUT2D eigenvalue weighted by atomic mass is 16.4. The number of carboxylic acids is 2. The molecule has 0 aliphatic rings. The van der Waals surface area contributed by atoms with Crippen LogP contribution in [0.2, 0.25) is 0 Å². The van der Waals surface area contributed by atoms with Gasteiger partial charge in [0.15, 0.2) is 0 Å². The van der Waals surface area contributed by atoms with Crippen LogP contribution in [0.15, 0.2) is 24.3 Å². The quantitative estimate of drug-likeness (QED) is 0.586. The molecule has 0 saturated heterocycles. The van der Waals surface area contributed by atoms with E-state index < -0.39 is 23.9 Å². The first-order chi connectivity index (χ1) is 10.3. The van der Waals surface area contributed by atoms with Crippen molar-refractivity contribution < 1.29 is 29.4 Å². The summed E-state index contributed by atoms with van der Waals surface area (Å²) in [6, 6.07) is 4.78. The predicted octanol–water partition coefficient (Wildman–Crippen LogP) is 0.693. The maximum absolute atomic E-state index is 12.1. The van der Waals surface area contributed by atoms with Crippen molar-refractivity contribution in [3.8, 4) is 0 Å². The molecule has 0 radical (unpaired) electrons. The molecule has 0 aliphatic carbocycles. The molecule has 0 bridgehead atoms. The summed E-state index contributed by atoms with van der Waals surface area (Å²) >= 11 is 0. The molecular weight excluding hydrogens is 292 g/mol. The fourth-order valence-electron chi connectivity index (χ4n) is 1.74. The number of carbonyl (C=O) groups excluding carboxylic acids is 2. The van der Waals surface area contributed by atoms with Crippen molar-refractivity contribution in [3.05, 3.63) is 29.8 Å². The van der Waals surface area contributed by atoms with Crippen LogP contribution in [-0.2, 0) is 14.4 Å². The number of carbonyl (C=O) groups is 4. The molecule has 0 saturated carbocycles. The number of para-hydroxylation sites is 1. The molecule has 1 aromatic rings. The number of hydrogen-bond donors (Lipinski definition) is 4. The maximum atomic E-state index is 12.1. The SMILES string of the molecule is CC(=O)Nc1ccccc1C(=O)N[C@@H](CCC(=O)O)C(=O)O. The van der Waals surface area contributed by atoms with Gasteiger partial charge >= 0.3 is 11.9 Å². The lowest BCUT2D eigenvalue weighted by atomic mass is 10.1. The van der Waals surface area contributed by atoms with Crippen LogP contribution < -0.4 is 10.6 Å². The lowest BCUT2D eigenvalue weighted by molar-refractivity contribution is -0.140. The number of aliphatic carboxylic acids is 2. The summed E-state index contributed by atoms with van der Waals surface area (Å²) in [5, 5.41) is 22.3. The molecule has 4 N–H and O–H groups in total. The molecular formula is C14H16N2O6. The molecule has 0 aromatic heterocycles. The molecule has 8 heteroatoms. The van der Waals surface area contributed by atoms with Crippen LogP contribution in [0.3, 0.4) is 0 Å². The Hall–Kier alpha value is -2.90. The van der Waals surface area contributed by atoms with Crippen LogP contribution in [0.1, 0.15) is 30.1 Å². The van der Waals surface area contributed by atoms with Crippen molar-refractivity contribution >= 4 is 29.4 Å². The number of nitrogens with one attached hydrogen (secondary N) is 2. The first kappa shape index (κ1) is 17.2. The molecule has 0 heterocycles. The van der Waals surface area contributed by atoms with E-state index in [1.807, 2.05) is 0 Å². The van der Waals surface area contributed by atoms with Crippen molar-refractivity contribution in [1.29, 1.82) is 0 Å². The predicted molar refractivity (Wildman–Crippen MR) is 76.5 cm³/mol. The zero-order valence-electron chi connectivity index (χ0n) is 11.8. The third-order valence-electron chi connectivity index (χ3n) is 2.73. The Morgan fingerprint density at radius 1 is 1.14 bits per heavy atom. The molecule has 22 heavy (non-hydrogen) atoms. The van der Waals surface area contributed by atoms with Crippen LogP contribution in [0, 0.1) is 0 Å². The van der Waals surface area contributed by atoms with E-state index in [9.17, 15) is 19.2 Å². The Labute approximate surface area is 126 Å². The normalized spacial score (nSPS) is 11.3. The standard InChI is InChI=1S/C14H16N2O6/c1-8(17)15-10-5-3-2-4-9(10)13(20)16-11(14(21)22)6-7-12(18)19/h2-5,11H,6-7H2,1H3,(H,15,17)(H,16,20)(H,18,19)(H,21,22)/t11-/m0/s1. The van der Waals surface area contributed by atoms with E-state index in [0.717, 1.165) is 0 Å². The summed E-state index contributed by atoms with van der Waals surface area (Å²) in [7, 11) is 0. The van der Waals surface area contributed by atoms with Gasteiger partial charge in [-0.15, -0.1) is 0 Å². The van der Waals surface area contributed by atoms with E-state index in [2.05, 4.69) is 10.6 Å². The minimum absolute atomic E-state index is 0.0966. The van der Waals surface area contributed by atoms with E-state index in [1.165, 1.54) is 19.1 Å². The topological polar surface area (TPSA) is 133 Å². The largest absolute Gasteiger partial charge is 0.481 e. The molecule has 8 nitrogen and oxygen atoms in total. The molecule has 1 aromatic carbocycles. The van der Waals surface area contributed by atoms with Crippen molar-refractivity contribution in [2.75, 3.05) is 5.32 Å². The van der Waals surface area contributed by atoms with Gasteiger partial charge in [0.1, 0.15) is 6.04 Å². The van der Waals surface area contributed by atoms with Gasteiger partial charge in [0, 0.05) is 13.3 Å². The zero-order chi connectivity index (χ0) is 16.7. The highest BCUT2D eigenvalue weighted by molar-refractivity contribution is 6.04. The van der Waals surface area contributed by atoms with Gasteiger partial charge in [-0.3, -0.25) is 14.4 Å². The molecule has 0 fully saturated rings. The highest BCUT2D eigenvalue weighted by Crippen LogP contribution is 2.15. The summed E-state index contributed by atoms with van der Waals surface area (Å²) in [6.45, 7) is 1.28. The zero-order valence-corrected chi connectivity index (χ0v) is 11.8. The number of benzene rings is 1. The van der Waals surface area contributed by atoms with Crippen molar-refractivity contribution in [2.45, 2.75) is 25.8 Å². The number of rotatable bonds is 7. The minimum atomic E-state index is -1.33. The second-order valence-electron chi connectivity index (χ2n) is 4.52. The lowest BCUT2D eigenvalue weighted by Gasteiger charge is -2.15.